The number of aromatic hydroxyl groups is 3. The van der Waals surface area contributed by atoms with Gasteiger partial charge in [-0.15, -0.1) is 0 Å². The molecule has 0 amide bonds. The highest BCUT2D eigenvalue weighted by atomic mass is 16.3. The van der Waals surface area contributed by atoms with Crippen LogP contribution in [0.4, 0.5) is 0 Å². The highest BCUT2D eigenvalue weighted by Gasteiger charge is 2.27. The summed E-state index contributed by atoms with van der Waals surface area (Å²) in [5.41, 5.74) is 10.6. The summed E-state index contributed by atoms with van der Waals surface area (Å²) in [6, 6.07) is 12.9. The molecule has 0 aliphatic rings. The number of hydrogen-bond acceptors (Lipinski definition) is 3. The van der Waals surface area contributed by atoms with Crippen LogP contribution < -0.4 is 0 Å². The van der Waals surface area contributed by atoms with Crippen molar-refractivity contribution in [3.8, 4) is 17.2 Å². The maximum Gasteiger partial charge on any atom is 0.119 e. The molecule has 0 fully saturated rings. The second-order valence-electron chi connectivity index (χ2n) is 15.1. The molecule has 1 unspecified atom stereocenters. The summed E-state index contributed by atoms with van der Waals surface area (Å²) in [4.78, 5) is 0. The second kappa shape index (κ2) is 21.3. The lowest BCUT2D eigenvalue weighted by atomic mass is 9.75. The summed E-state index contributed by atoms with van der Waals surface area (Å²) in [5, 5.41) is 33.0. The van der Waals surface area contributed by atoms with Gasteiger partial charge in [0, 0.05) is 5.92 Å². The first-order valence-electron chi connectivity index (χ1n) is 20.1. The topological polar surface area (TPSA) is 60.7 Å². The summed E-state index contributed by atoms with van der Waals surface area (Å²) >= 11 is 0. The Morgan fingerprint density at radius 3 is 1.18 bits per heavy atom. The Hall–Kier alpha value is -2.94. The molecule has 272 valence electrons. The van der Waals surface area contributed by atoms with Crippen LogP contribution in [-0.2, 0) is 19.3 Å². The molecule has 0 aromatic heterocycles. The molecule has 49 heavy (non-hydrogen) atoms. The minimum atomic E-state index is 0.119. The van der Waals surface area contributed by atoms with E-state index in [0.717, 1.165) is 98.4 Å². The standard InChI is InChI=1S/C46H70O3/c1-8-12-16-17-18-19-20-21-25-36(40-30-37(22-13-9-2)44(47)26-33(40)5)29-43(41-31-38(23-14-10-3)45(48)27-34(41)6)42-32-39(24-15-11-4)46(49)28-35(42)7/h26-28,30-32,36,43,47-49H,8-25,29H2,1-7H3. The van der Waals surface area contributed by atoms with Gasteiger partial charge in [0.25, 0.3) is 0 Å². The molecule has 3 nitrogen and oxygen atoms in total. The predicted molar refractivity (Wildman–Crippen MR) is 211 cm³/mol. The van der Waals surface area contributed by atoms with E-state index in [9.17, 15) is 15.3 Å². The van der Waals surface area contributed by atoms with Crippen molar-refractivity contribution in [2.45, 2.75) is 182 Å². The number of aryl methyl sites for hydroxylation is 6. The van der Waals surface area contributed by atoms with Gasteiger partial charge in [-0.3, -0.25) is 0 Å². The molecular formula is C46H70O3. The van der Waals surface area contributed by atoms with Crippen molar-refractivity contribution in [3.05, 3.63) is 86.5 Å². The zero-order valence-corrected chi connectivity index (χ0v) is 32.4. The quantitative estimate of drug-likeness (QED) is 0.0880. The third-order valence-corrected chi connectivity index (χ3v) is 10.9. The molecule has 0 radical (unpaired) electrons. The van der Waals surface area contributed by atoms with Crippen molar-refractivity contribution in [2.75, 3.05) is 0 Å². The van der Waals surface area contributed by atoms with E-state index in [4.69, 9.17) is 0 Å². The Balaban J connectivity index is 2.13. The van der Waals surface area contributed by atoms with Gasteiger partial charge in [-0.2, -0.15) is 0 Å². The van der Waals surface area contributed by atoms with Crippen LogP contribution in [0.1, 0.15) is 192 Å². The number of hydrogen-bond donors (Lipinski definition) is 3. The molecule has 3 heteroatoms. The number of unbranched alkanes of at least 4 members (excludes halogenated alkanes) is 10. The average molecular weight is 671 g/mol. The third kappa shape index (κ3) is 12.1. The fourth-order valence-corrected chi connectivity index (χ4v) is 7.79. The van der Waals surface area contributed by atoms with Gasteiger partial charge in [-0.25, -0.2) is 0 Å². The first-order valence-corrected chi connectivity index (χ1v) is 20.1. The fourth-order valence-electron chi connectivity index (χ4n) is 7.79. The smallest absolute Gasteiger partial charge is 0.119 e. The molecular weight excluding hydrogens is 601 g/mol. The lowest BCUT2D eigenvalue weighted by Crippen LogP contribution is -2.13. The summed E-state index contributed by atoms with van der Waals surface area (Å²) in [6.07, 6.45) is 21.6. The number of benzene rings is 3. The first kappa shape index (κ1) is 40.5. The maximum atomic E-state index is 11.0. The zero-order valence-electron chi connectivity index (χ0n) is 32.4. The van der Waals surface area contributed by atoms with Crippen molar-refractivity contribution in [2.24, 2.45) is 0 Å². The van der Waals surface area contributed by atoms with Gasteiger partial charge >= 0.3 is 0 Å². The van der Waals surface area contributed by atoms with Gasteiger partial charge in [0.1, 0.15) is 17.2 Å². The molecule has 0 spiro atoms. The lowest BCUT2D eigenvalue weighted by Gasteiger charge is -2.30. The van der Waals surface area contributed by atoms with Crippen LogP contribution in [0.2, 0.25) is 0 Å². The summed E-state index contributed by atoms with van der Waals surface area (Å²) < 4.78 is 0. The third-order valence-electron chi connectivity index (χ3n) is 10.9. The fraction of sp³-hybridized carbons (Fsp3) is 0.609. The second-order valence-corrected chi connectivity index (χ2v) is 15.1. The molecule has 3 N–H and O–H groups in total. The largest absolute Gasteiger partial charge is 0.508 e. The van der Waals surface area contributed by atoms with Gasteiger partial charge in [0.2, 0.25) is 0 Å². The van der Waals surface area contributed by atoms with Gasteiger partial charge in [-0.1, -0.05) is 117 Å². The Morgan fingerprint density at radius 2 is 0.776 bits per heavy atom. The van der Waals surface area contributed by atoms with E-state index in [-0.39, 0.29) is 5.92 Å². The van der Waals surface area contributed by atoms with E-state index in [1.54, 1.807) is 0 Å². The van der Waals surface area contributed by atoms with E-state index in [1.807, 2.05) is 18.2 Å². The van der Waals surface area contributed by atoms with Gasteiger partial charge < -0.3 is 15.3 Å². The summed E-state index contributed by atoms with van der Waals surface area (Å²) in [7, 11) is 0. The molecule has 3 rings (SSSR count). The first-order chi connectivity index (χ1) is 23.6. The Labute approximate surface area is 300 Å². The van der Waals surface area contributed by atoms with Crippen LogP contribution in [0.3, 0.4) is 0 Å². The minimum absolute atomic E-state index is 0.119. The monoisotopic (exact) mass is 671 g/mol. The van der Waals surface area contributed by atoms with Crippen molar-refractivity contribution in [1.29, 1.82) is 0 Å². The molecule has 0 saturated heterocycles. The molecule has 1 atom stereocenters. The molecule has 3 aromatic carbocycles. The van der Waals surface area contributed by atoms with E-state index in [2.05, 4.69) is 66.7 Å². The SMILES string of the molecule is CCCCCCCCCCC(CC(c1cc(CCCC)c(O)cc1C)c1cc(CCCC)c(O)cc1C)c1cc(CCCC)c(O)cc1C. The van der Waals surface area contributed by atoms with Gasteiger partial charge in [0.05, 0.1) is 0 Å². The number of phenolic OH excluding ortho intramolecular Hbond substituents is 3. The lowest BCUT2D eigenvalue weighted by molar-refractivity contribution is 0.461. The van der Waals surface area contributed by atoms with E-state index in [0.29, 0.717) is 23.2 Å². The van der Waals surface area contributed by atoms with Crippen molar-refractivity contribution in [3.63, 3.8) is 0 Å². The van der Waals surface area contributed by atoms with Crippen molar-refractivity contribution < 1.29 is 15.3 Å². The average Bonchev–Trinajstić information content (AvgIpc) is 3.07. The van der Waals surface area contributed by atoms with Crippen LogP contribution in [0, 0.1) is 20.8 Å². The van der Waals surface area contributed by atoms with Crippen LogP contribution in [-0.4, -0.2) is 15.3 Å². The summed E-state index contributed by atoms with van der Waals surface area (Å²) in [5.74, 6) is 1.69. The van der Waals surface area contributed by atoms with Gasteiger partial charge in [-0.05, 0) is 146 Å². The predicted octanol–water partition coefficient (Wildman–Crippen LogP) is 13.6. The zero-order chi connectivity index (χ0) is 35.8. The molecule has 0 saturated carbocycles. The van der Waals surface area contributed by atoms with Crippen LogP contribution >= 0.6 is 0 Å². The van der Waals surface area contributed by atoms with Crippen molar-refractivity contribution >= 4 is 0 Å². The van der Waals surface area contributed by atoms with E-state index < -0.39 is 0 Å². The summed E-state index contributed by atoms with van der Waals surface area (Å²) in [6.45, 7) is 15.4. The van der Waals surface area contributed by atoms with Crippen LogP contribution in [0.5, 0.6) is 17.2 Å². The molecule has 0 bridgehead atoms. The maximum absolute atomic E-state index is 11.0. The molecule has 0 aliphatic carbocycles. The minimum Gasteiger partial charge on any atom is -0.508 e. The highest BCUT2D eigenvalue weighted by molar-refractivity contribution is 5.51. The normalized spacial score (nSPS) is 12.2. The molecule has 0 aliphatic heterocycles. The Morgan fingerprint density at radius 1 is 0.429 bits per heavy atom. The Bertz CT molecular complexity index is 1360. The van der Waals surface area contributed by atoms with Crippen molar-refractivity contribution in [1.82, 2.24) is 0 Å². The Kier molecular flexibility index (Phi) is 17.6. The van der Waals surface area contributed by atoms with E-state index in [1.165, 1.54) is 73.6 Å². The van der Waals surface area contributed by atoms with Gasteiger partial charge in [0.15, 0.2) is 0 Å². The van der Waals surface area contributed by atoms with E-state index >= 15 is 0 Å². The van der Waals surface area contributed by atoms with Crippen LogP contribution in [0.15, 0.2) is 36.4 Å². The highest BCUT2D eigenvalue weighted by Crippen LogP contribution is 2.44. The molecule has 0 heterocycles. The molecule has 3 aromatic rings. The van der Waals surface area contributed by atoms with Crippen LogP contribution in [0.25, 0.3) is 0 Å². The number of rotatable bonds is 23. The number of phenols is 3.